The van der Waals surface area contributed by atoms with Gasteiger partial charge in [0, 0.05) is 18.5 Å². The number of carbonyl (C=O) groups excluding carboxylic acids is 1. The highest BCUT2D eigenvalue weighted by Crippen LogP contribution is 2.22. The molecule has 1 rings (SSSR count). The molecule has 0 aromatic heterocycles. The average Bonchev–Trinajstić information content (AvgIpc) is 2.37. The lowest BCUT2D eigenvalue weighted by atomic mass is 9.93. The van der Waals surface area contributed by atoms with Crippen LogP contribution in [0.25, 0.3) is 0 Å². The van der Waals surface area contributed by atoms with E-state index in [1.807, 2.05) is 26.8 Å². The minimum atomic E-state index is -0.681. The van der Waals surface area contributed by atoms with E-state index in [-0.39, 0.29) is 11.6 Å². The number of amides is 1. The molecule has 1 aromatic rings. The summed E-state index contributed by atoms with van der Waals surface area (Å²) in [4.78, 5) is 12.9. The third kappa shape index (κ3) is 4.42. The monoisotopic (exact) mass is 276 g/mol. The predicted octanol–water partition coefficient (Wildman–Crippen LogP) is 3.58. The summed E-state index contributed by atoms with van der Waals surface area (Å²) in [5.41, 5.74) is -0.476. The zero-order valence-electron chi connectivity index (χ0n) is 12.2. The average molecular weight is 276 g/mol. The quantitative estimate of drug-likeness (QED) is 0.492. The van der Waals surface area contributed by atoms with E-state index in [1.54, 1.807) is 24.3 Å². The van der Waals surface area contributed by atoms with Crippen molar-refractivity contribution in [1.29, 1.82) is 5.41 Å². The van der Waals surface area contributed by atoms with Gasteiger partial charge < -0.3 is 9.84 Å². The first-order valence-electron chi connectivity index (χ1n) is 6.22. The van der Waals surface area contributed by atoms with Crippen molar-refractivity contribution < 1.29 is 14.6 Å². The summed E-state index contributed by atoms with van der Waals surface area (Å²) in [6.07, 6.45) is 0.561. The van der Waals surface area contributed by atoms with Crippen LogP contribution in [0.1, 0.15) is 20.8 Å². The molecule has 0 aliphatic carbocycles. The van der Waals surface area contributed by atoms with Crippen LogP contribution in [0.15, 0.2) is 42.2 Å². The molecule has 0 saturated heterocycles. The molecule has 108 valence electrons. The fourth-order valence-electron chi connectivity index (χ4n) is 1.20. The number of ether oxygens (including phenoxy) is 1. The lowest BCUT2D eigenvalue weighted by Crippen LogP contribution is -2.34. The Bertz CT molecular complexity index is 516. The van der Waals surface area contributed by atoms with Crippen molar-refractivity contribution in [1.82, 2.24) is 4.90 Å². The molecular weight excluding hydrogens is 256 g/mol. The second-order valence-corrected chi connectivity index (χ2v) is 5.40. The second-order valence-electron chi connectivity index (χ2n) is 5.40. The van der Waals surface area contributed by atoms with Gasteiger partial charge in [0.2, 0.25) is 0 Å². The number of benzene rings is 1. The first kappa shape index (κ1) is 15.8. The molecule has 0 unspecified atom stereocenters. The number of hydrogen-bond donors (Lipinski definition) is 2. The summed E-state index contributed by atoms with van der Waals surface area (Å²) in [7, 11) is 1.42. The van der Waals surface area contributed by atoms with Gasteiger partial charge in [-0.25, -0.2) is 4.79 Å². The SMILES string of the molecule is CN(C(=N)/C=C(\O)C(C)(C)C)C(=O)Oc1ccccc1. The third-order valence-electron chi connectivity index (χ3n) is 2.63. The second kappa shape index (κ2) is 6.23. The molecule has 0 aliphatic heterocycles. The zero-order chi connectivity index (χ0) is 15.3. The number of para-hydroxylation sites is 1. The van der Waals surface area contributed by atoms with Gasteiger partial charge in [-0.3, -0.25) is 10.3 Å². The van der Waals surface area contributed by atoms with E-state index < -0.39 is 11.5 Å². The summed E-state index contributed by atoms with van der Waals surface area (Å²) in [5, 5.41) is 17.6. The van der Waals surface area contributed by atoms with Crippen LogP contribution in [0.2, 0.25) is 0 Å². The molecule has 20 heavy (non-hydrogen) atoms. The summed E-state index contributed by atoms with van der Waals surface area (Å²) in [5.74, 6) is 0.293. The molecule has 5 nitrogen and oxygen atoms in total. The highest BCUT2D eigenvalue weighted by molar-refractivity contribution is 6.00. The van der Waals surface area contributed by atoms with Gasteiger partial charge in [-0.1, -0.05) is 39.0 Å². The van der Waals surface area contributed by atoms with Gasteiger partial charge in [0.1, 0.15) is 17.3 Å². The van der Waals surface area contributed by atoms with E-state index in [2.05, 4.69) is 0 Å². The van der Waals surface area contributed by atoms with Crippen molar-refractivity contribution in [3.05, 3.63) is 42.2 Å². The van der Waals surface area contributed by atoms with Crippen LogP contribution >= 0.6 is 0 Å². The molecular formula is C15H20N2O3. The lowest BCUT2D eigenvalue weighted by molar-refractivity contribution is 0.182. The van der Waals surface area contributed by atoms with Crippen molar-refractivity contribution in [3.8, 4) is 5.75 Å². The number of rotatable bonds is 2. The third-order valence-corrected chi connectivity index (χ3v) is 2.63. The number of hydrogen-bond acceptors (Lipinski definition) is 4. The maximum absolute atomic E-state index is 11.8. The summed E-state index contributed by atoms with van der Waals surface area (Å²) in [6, 6.07) is 8.61. The number of allylic oxidation sites excluding steroid dienone is 1. The molecule has 0 saturated carbocycles. The first-order chi connectivity index (χ1) is 9.21. The normalized spacial score (nSPS) is 11.9. The molecule has 0 spiro atoms. The Labute approximate surface area is 119 Å². The van der Waals surface area contributed by atoms with Gasteiger partial charge in [0.05, 0.1) is 0 Å². The van der Waals surface area contributed by atoms with Crippen LogP contribution < -0.4 is 4.74 Å². The van der Waals surface area contributed by atoms with Gasteiger partial charge in [0.15, 0.2) is 0 Å². The first-order valence-corrected chi connectivity index (χ1v) is 6.22. The number of likely N-dealkylation sites (N-methyl/N-ethyl adjacent to an activating group) is 1. The fraction of sp³-hybridized carbons (Fsp3) is 0.333. The molecule has 0 heterocycles. The highest BCUT2D eigenvalue weighted by atomic mass is 16.6. The summed E-state index contributed by atoms with van der Waals surface area (Å²) >= 11 is 0. The molecule has 1 amide bonds. The Morgan fingerprint density at radius 1 is 1.30 bits per heavy atom. The molecule has 0 atom stereocenters. The van der Waals surface area contributed by atoms with E-state index >= 15 is 0 Å². The molecule has 2 N–H and O–H groups in total. The largest absolute Gasteiger partial charge is 0.512 e. The molecule has 5 heteroatoms. The van der Waals surface area contributed by atoms with Gasteiger partial charge in [-0.2, -0.15) is 0 Å². The van der Waals surface area contributed by atoms with Crippen LogP contribution in [0.5, 0.6) is 5.75 Å². The Morgan fingerprint density at radius 2 is 1.85 bits per heavy atom. The predicted molar refractivity (Wildman–Crippen MR) is 78.1 cm³/mol. The topological polar surface area (TPSA) is 73.6 Å². The minimum absolute atomic E-state index is 0.0295. The van der Waals surface area contributed by atoms with Crippen molar-refractivity contribution >= 4 is 11.9 Å². The summed E-state index contributed by atoms with van der Waals surface area (Å²) < 4.78 is 5.10. The van der Waals surface area contributed by atoms with Crippen molar-refractivity contribution in [2.24, 2.45) is 5.41 Å². The van der Waals surface area contributed by atoms with Gasteiger partial charge in [-0.15, -0.1) is 0 Å². The zero-order valence-corrected chi connectivity index (χ0v) is 12.2. The smallest absolute Gasteiger partial charge is 0.420 e. The van der Waals surface area contributed by atoms with E-state index in [0.717, 1.165) is 4.90 Å². The summed E-state index contributed by atoms with van der Waals surface area (Å²) in [6.45, 7) is 5.44. The Hall–Kier alpha value is -2.30. The van der Waals surface area contributed by atoms with E-state index in [9.17, 15) is 9.90 Å². The molecule has 0 radical (unpaired) electrons. The number of nitrogens with one attached hydrogen (secondary N) is 1. The molecule has 0 fully saturated rings. The van der Waals surface area contributed by atoms with Crippen molar-refractivity contribution in [3.63, 3.8) is 0 Å². The van der Waals surface area contributed by atoms with Crippen LogP contribution in [0.3, 0.4) is 0 Å². The number of aliphatic hydroxyl groups is 1. The number of carbonyl (C=O) groups is 1. The van der Waals surface area contributed by atoms with Gasteiger partial charge in [-0.05, 0) is 12.1 Å². The van der Waals surface area contributed by atoms with Gasteiger partial charge in [0.25, 0.3) is 0 Å². The Kier molecular flexibility index (Phi) is 4.91. The molecule has 0 bridgehead atoms. The minimum Gasteiger partial charge on any atom is -0.512 e. The van der Waals surface area contributed by atoms with Crippen molar-refractivity contribution in [2.75, 3.05) is 7.05 Å². The standard InChI is InChI=1S/C15H20N2O3/c1-15(2,3)12(18)10-13(16)17(4)14(19)20-11-8-6-5-7-9-11/h5-10,16,18H,1-4H3/b12-10-,16-13?. The Balaban J connectivity index is 2.72. The maximum atomic E-state index is 11.8. The van der Waals surface area contributed by atoms with E-state index in [4.69, 9.17) is 10.1 Å². The fourth-order valence-corrected chi connectivity index (χ4v) is 1.20. The Morgan fingerprint density at radius 3 is 2.35 bits per heavy atom. The lowest BCUT2D eigenvalue weighted by Gasteiger charge is -2.20. The van der Waals surface area contributed by atoms with Crippen LogP contribution in [-0.2, 0) is 0 Å². The van der Waals surface area contributed by atoms with Gasteiger partial charge >= 0.3 is 6.09 Å². The highest BCUT2D eigenvalue weighted by Gasteiger charge is 2.20. The molecule has 0 aliphatic rings. The van der Waals surface area contributed by atoms with Crippen LogP contribution in [0.4, 0.5) is 4.79 Å². The maximum Gasteiger partial charge on any atom is 0.420 e. The number of amidine groups is 1. The van der Waals surface area contributed by atoms with Crippen LogP contribution in [-0.4, -0.2) is 29.0 Å². The van der Waals surface area contributed by atoms with E-state index in [1.165, 1.54) is 13.1 Å². The number of aliphatic hydroxyl groups excluding tert-OH is 1. The molecule has 1 aromatic carbocycles. The van der Waals surface area contributed by atoms with Crippen LogP contribution in [0, 0.1) is 10.8 Å². The number of nitrogens with zero attached hydrogens (tertiary/aromatic N) is 1. The van der Waals surface area contributed by atoms with Crippen molar-refractivity contribution in [2.45, 2.75) is 20.8 Å². The van der Waals surface area contributed by atoms with E-state index in [0.29, 0.717) is 5.75 Å².